The summed E-state index contributed by atoms with van der Waals surface area (Å²) in [4.78, 5) is 23.0. The molecule has 35 heavy (non-hydrogen) atoms. The molecule has 3 heterocycles. The summed E-state index contributed by atoms with van der Waals surface area (Å²) < 4.78 is 1.73. The monoisotopic (exact) mass is 467 g/mol. The quantitative estimate of drug-likeness (QED) is 0.426. The molecule has 0 unspecified atom stereocenters. The van der Waals surface area contributed by atoms with Gasteiger partial charge in [0.25, 0.3) is 5.91 Å². The Labute approximate surface area is 207 Å². The number of carbonyl (C=O) groups excluding carboxylic acids is 1. The van der Waals surface area contributed by atoms with Gasteiger partial charge in [0.1, 0.15) is 5.69 Å². The first kappa shape index (κ1) is 23.2. The summed E-state index contributed by atoms with van der Waals surface area (Å²) in [6.07, 6.45) is 0. The number of hydrogen-bond donors (Lipinski definition) is 0. The molecular formula is C29H33N5O. The first-order valence-electron chi connectivity index (χ1n) is 12.3. The third kappa shape index (κ3) is 4.98. The predicted octanol–water partition coefficient (Wildman–Crippen LogP) is 4.96. The van der Waals surface area contributed by atoms with Crippen LogP contribution < -0.4 is 0 Å². The number of carbonyl (C=O) groups is 1. The fourth-order valence-electron chi connectivity index (χ4n) is 4.48. The van der Waals surface area contributed by atoms with Crippen LogP contribution in [0.15, 0.2) is 66.7 Å². The zero-order chi connectivity index (χ0) is 24.6. The number of piperazine rings is 1. The van der Waals surface area contributed by atoms with Gasteiger partial charge in [-0.2, -0.15) is 5.10 Å². The van der Waals surface area contributed by atoms with E-state index in [4.69, 9.17) is 10.1 Å². The van der Waals surface area contributed by atoms with Crippen LogP contribution in [-0.4, -0.2) is 56.5 Å². The third-order valence-corrected chi connectivity index (χ3v) is 6.67. The van der Waals surface area contributed by atoms with Crippen LogP contribution in [0.5, 0.6) is 0 Å². The van der Waals surface area contributed by atoms with E-state index in [9.17, 15) is 4.79 Å². The normalized spacial score (nSPS) is 15.0. The third-order valence-electron chi connectivity index (χ3n) is 6.67. The van der Waals surface area contributed by atoms with Crippen LogP contribution in [0.1, 0.15) is 48.1 Å². The highest BCUT2D eigenvalue weighted by Crippen LogP contribution is 2.26. The zero-order valence-electron chi connectivity index (χ0n) is 21.0. The Kier molecular flexibility index (Phi) is 6.15. The van der Waals surface area contributed by atoms with E-state index in [0.29, 0.717) is 24.4 Å². The van der Waals surface area contributed by atoms with Crippen LogP contribution in [0.4, 0.5) is 0 Å². The van der Waals surface area contributed by atoms with Crippen molar-refractivity contribution in [1.82, 2.24) is 24.4 Å². The minimum Gasteiger partial charge on any atom is -0.335 e. The summed E-state index contributed by atoms with van der Waals surface area (Å²) in [6, 6.07) is 22.7. The molecular weight excluding hydrogens is 434 g/mol. The molecule has 0 spiro atoms. The van der Waals surface area contributed by atoms with Crippen LogP contribution in [0, 0.1) is 6.92 Å². The Bertz CT molecular complexity index is 1330. The average molecular weight is 468 g/mol. The highest BCUT2D eigenvalue weighted by atomic mass is 16.2. The molecule has 6 nitrogen and oxygen atoms in total. The molecule has 0 aliphatic carbocycles. The lowest BCUT2D eigenvalue weighted by atomic mass is 9.93. The molecule has 1 aliphatic heterocycles. The van der Waals surface area contributed by atoms with E-state index in [1.54, 1.807) is 4.52 Å². The second kappa shape index (κ2) is 9.27. The van der Waals surface area contributed by atoms with Crippen molar-refractivity contribution < 1.29 is 4.79 Å². The van der Waals surface area contributed by atoms with Gasteiger partial charge in [0.15, 0.2) is 5.65 Å². The molecule has 0 radical (unpaired) electrons. The fourth-order valence-corrected chi connectivity index (χ4v) is 4.48. The molecule has 5 rings (SSSR count). The van der Waals surface area contributed by atoms with Crippen molar-refractivity contribution in [2.45, 2.75) is 39.7 Å². The van der Waals surface area contributed by atoms with E-state index in [-0.39, 0.29) is 11.3 Å². The van der Waals surface area contributed by atoms with Crippen molar-refractivity contribution in [2.75, 3.05) is 26.2 Å². The summed E-state index contributed by atoms with van der Waals surface area (Å²) in [5.41, 5.74) is 6.35. The number of rotatable bonds is 4. The summed E-state index contributed by atoms with van der Waals surface area (Å²) in [5.74, 6) is 0.00804. The van der Waals surface area contributed by atoms with Crippen molar-refractivity contribution in [3.05, 3.63) is 89.2 Å². The second-order valence-electron chi connectivity index (χ2n) is 10.5. The van der Waals surface area contributed by atoms with Crippen molar-refractivity contribution in [1.29, 1.82) is 0 Å². The first-order valence-corrected chi connectivity index (χ1v) is 12.3. The fraction of sp³-hybridized carbons (Fsp3) is 0.345. The van der Waals surface area contributed by atoms with Crippen LogP contribution in [-0.2, 0) is 12.0 Å². The molecule has 2 aromatic heterocycles. The number of amides is 1. The Balaban J connectivity index is 1.44. The summed E-state index contributed by atoms with van der Waals surface area (Å²) in [5, 5.41) is 4.82. The summed E-state index contributed by atoms with van der Waals surface area (Å²) in [7, 11) is 0. The van der Waals surface area contributed by atoms with Gasteiger partial charge in [-0.3, -0.25) is 9.69 Å². The number of nitrogens with zero attached hydrogens (tertiary/aromatic N) is 5. The molecule has 0 atom stereocenters. The molecule has 180 valence electrons. The van der Waals surface area contributed by atoms with E-state index < -0.39 is 0 Å². The van der Waals surface area contributed by atoms with Gasteiger partial charge in [0, 0.05) is 49.8 Å². The van der Waals surface area contributed by atoms with Crippen LogP contribution in [0.25, 0.3) is 16.9 Å². The van der Waals surface area contributed by atoms with Crippen molar-refractivity contribution >= 4 is 11.6 Å². The van der Waals surface area contributed by atoms with Gasteiger partial charge in [0.2, 0.25) is 0 Å². The molecule has 1 aliphatic rings. The highest BCUT2D eigenvalue weighted by Gasteiger charge is 2.27. The Morgan fingerprint density at radius 2 is 1.60 bits per heavy atom. The molecule has 4 aromatic rings. The smallest absolute Gasteiger partial charge is 0.272 e. The standard InChI is InChI=1S/C29H33N5O/c1-21-10-12-23(13-11-21)24-18-25(34-27(30-24)19-26(31-34)29(2,3)4)28(35)33-16-14-32(15-17-33)20-22-8-6-5-7-9-22/h5-13,18-19H,14-17,20H2,1-4H3. The van der Waals surface area contributed by atoms with E-state index >= 15 is 0 Å². The number of aromatic nitrogens is 3. The Morgan fingerprint density at radius 1 is 0.914 bits per heavy atom. The van der Waals surface area contributed by atoms with E-state index in [1.807, 2.05) is 23.1 Å². The molecule has 0 saturated carbocycles. The van der Waals surface area contributed by atoms with Gasteiger partial charge >= 0.3 is 0 Å². The van der Waals surface area contributed by atoms with Gasteiger partial charge < -0.3 is 4.90 Å². The maximum Gasteiger partial charge on any atom is 0.272 e. The lowest BCUT2D eigenvalue weighted by Crippen LogP contribution is -2.48. The lowest BCUT2D eigenvalue weighted by Gasteiger charge is -2.34. The van der Waals surface area contributed by atoms with Gasteiger partial charge in [-0.15, -0.1) is 0 Å². The lowest BCUT2D eigenvalue weighted by molar-refractivity contribution is 0.0619. The maximum atomic E-state index is 13.8. The largest absolute Gasteiger partial charge is 0.335 e. The first-order chi connectivity index (χ1) is 16.8. The van der Waals surface area contributed by atoms with Crippen molar-refractivity contribution in [3.8, 4) is 11.3 Å². The number of hydrogen-bond acceptors (Lipinski definition) is 4. The molecule has 2 aromatic carbocycles. The average Bonchev–Trinajstić information content (AvgIpc) is 3.30. The van der Waals surface area contributed by atoms with Crippen LogP contribution in [0.2, 0.25) is 0 Å². The molecule has 1 fully saturated rings. The van der Waals surface area contributed by atoms with Crippen molar-refractivity contribution in [3.63, 3.8) is 0 Å². The zero-order valence-corrected chi connectivity index (χ0v) is 21.0. The molecule has 1 saturated heterocycles. The topological polar surface area (TPSA) is 53.7 Å². The maximum absolute atomic E-state index is 13.8. The van der Waals surface area contributed by atoms with Gasteiger partial charge in [-0.1, -0.05) is 80.9 Å². The molecule has 1 amide bonds. The number of aryl methyl sites for hydroxylation is 1. The SMILES string of the molecule is Cc1ccc(-c2cc(C(=O)N3CCN(Cc4ccccc4)CC3)n3nc(C(C)(C)C)cc3n2)cc1. The Morgan fingerprint density at radius 3 is 2.26 bits per heavy atom. The van der Waals surface area contributed by atoms with E-state index in [0.717, 1.165) is 36.6 Å². The predicted molar refractivity (Wildman–Crippen MR) is 139 cm³/mol. The minimum atomic E-state index is -0.138. The number of fused-ring (bicyclic) bond motifs is 1. The van der Waals surface area contributed by atoms with Crippen molar-refractivity contribution in [2.24, 2.45) is 0 Å². The Hall–Kier alpha value is -3.51. The molecule has 0 N–H and O–H groups in total. The van der Waals surface area contributed by atoms with Crippen LogP contribution >= 0.6 is 0 Å². The van der Waals surface area contributed by atoms with E-state index in [2.05, 4.69) is 81.1 Å². The highest BCUT2D eigenvalue weighted by molar-refractivity contribution is 5.94. The summed E-state index contributed by atoms with van der Waals surface area (Å²) >= 11 is 0. The van der Waals surface area contributed by atoms with Crippen LogP contribution in [0.3, 0.4) is 0 Å². The number of benzene rings is 2. The summed E-state index contributed by atoms with van der Waals surface area (Å²) in [6.45, 7) is 12.5. The molecule has 0 bridgehead atoms. The molecule has 6 heteroatoms. The van der Waals surface area contributed by atoms with Gasteiger partial charge in [-0.05, 0) is 18.6 Å². The van der Waals surface area contributed by atoms with Gasteiger partial charge in [0.05, 0.1) is 11.4 Å². The minimum absolute atomic E-state index is 0.00804. The van der Waals surface area contributed by atoms with E-state index in [1.165, 1.54) is 11.1 Å². The second-order valence-corrected chi connectivity index (χ2v) is 10.5. The van der Waals surface area contributed by atoms with Gasteiger partial charge in [-0.25, -0.2) is 9.50 Å².